The van der Waals surface area contributed by atoms with E-state index in [1.54, 1.807) is 0 Å². The molecular formula is C11H19O2. The highest BCUT2D eigenvalue weighted by Gasteiger charge is 2.26. The molecule has 0 bridgehead atoms. The Morgan fingerprint density at radius 1 is 1.38 bits per heavy atom. The Kier molecular flexibility index (Phi) is 4.31. The molecule has 0 aliphatic rings. The normalized spacial score (nSPS) is 16.4. The van der Waals surface area contributed by atoms with Crippen LogP contribution in [-0.2, 0) is 9.59 Å². The van der Waals surface area contributed by atoms with Crippen molar-refractivity contribution >= 4 is 12.1 Å². The summed E-state index contributed by atoms with van der Waals surface area (Å²) in [5, 5.41) is 0. The third-order valence-electron chi connectivity index (χ3n) is 2.07. The molecule has 0 aromatic carbocycles. The second-order valence-electron chi connectivity index (χ2n) is 4.95. The van der Waals surface area contributed by atoms with Crippen LogP contribution in [0, 0.1) is 17.3 Å². The van der Waals surface area contributed by atoms with E-state index >= 15 is 0 Å². The van der Waals surface area contributed by atoms with Crippen LogP contribution in [0.4, 0.5) is 0 Å². The molecule has 1 radical (unpaired) electrons. The molecule has 0 heterocycles. The zero-order valence-corrected chi connectivity index (χ0v) is 9.18. The molecule has 0 aromatic heterocycles. The number of ketones is 1. The summed E-state index contributed by atoms with van der Waals surface area (Å²) in [6, 6.07) is 0. The Bertz CT molecular complexity index is 189. The van der Waals surface area contributed by atoms with Gasteiger partial charge in [0.05, 0.1) is 5.92 Å². The van der Waals surface area contributed by atoms with E-state index < -0.39 is 5.92 Å². The molecule has 13 heavy (non-hydrogen) atoms. The molecule has 2 atom stereocenters. The van der Waals surface area contributed by atoms with Gasteiger partial charge >= 0.3 is 0 Å². The van der Waals surface area contributed by atoms with Crippen molar-refractivity contribution in [3.8, 4) is 0 Å². The van der Waals surface area contributed by atoms with Crippen molar-refractivity contribution in [3.63, 3.8) is 0 Å². The molecule has 2 heteroatoms. The number of hydrogen-bond donors (Lipinski definition) is 0. The van der Waals surface area contributed by atoms with Crippen molar-refractivity contribution in [1.29, 1.82) is 0 Å². The number of hydrogen-bond acceptors (Lipinski definition) is 2. The third kappa shape index (κ3) is 4.81. The van der Waals surface area contributed by atoms with Gasteiger partial charge in [-0.1, -0.05) is 27.7 Å². The first-order valence-electron chi connectivity index (χ1n) is 4.66. The van der Waals surface area contributed by atoms with E-state index in [2.05, 4.69) is 20.8 Å². The smallest absolute Gasteiger partial charge is 0.209 e. The zero-order valence-electron chi connectivity index (χ0n) is 9.18. The summed E-state index contributed by atoms with van der Waals surface area (Å²) in [4.78, 5) is 21.6. The topological polar surface area (TPSA) is 34.1 Å². The number of carbonyl (C=O) groups is 1. The standard InChI is InChI=1S/C11H19O2/c1-8(6-11(3,4)5)10(7-12)9(2)13/h8,10H,6H2,1-5H3. The quantitative estimate of drug-likeness (QED) is 0.627. The van der Waals surface area contributed by atoms with Crippen molar-refractivity contribution in [1.82, 2.24) is 0 Å². The summed E-state index contributed by atoms with van der Waals surface area (Å²) in [6.45, 7) is 9.69. The van der Waals surface area contributed by atoms with E-state index in [0.717, 1.165) is 6.42 Å². The highest BCUT2D eigenvalue weighted by Crippen LogP contribution is 2.28. The van der Waals surface area contributed by atoms with E-state index in [1.807, 2.05) is 13.2 Å². The Labute approximate surface area is 80.7 Å². The molecule has 0 aliphatic carbocycles. The van der Waals surface area contributed by atoms with Crippen molar-refractivity contribution in [3.05, 3.63) is 0 Å². The van der Waals surface area contributed by atoms with Crippen LogP contribution in [0.15, 0.2) is 0 Å². The van der Waals surface area contributed by atoms with E-state index in [-0.39, 0.29) is 17.1 Å². The SMILES string of the molecule is CC(=O)C([C]=O)C(C)CC(C)(C)C. The van der Waals surface area contributed by atoms with Crippen molar-refractivity contribution < 1.29 is 9.59 Å². The van der Waals surface area contributed by atoms with Crippen LogP contribution in [-0.4, -0.2) is 12.1 Å². The Morgan fingerprint density at radius 2 is 1.85 bits per heavy atom. The fraction of sp³-hybridized carbons (Fsp3) is 0.818. The van der Waals surface area contributed by atoms with Crippen molar-refractivity contribution in [2.45, 2.75) is 41.0 Å². The maximum Gasteiger partial charge on any atom is 0.209 e. The van der Waals surface area contributed by atoms with Crippen LogP contribution in [0.5, 0.6) is 0 Å². The fourth-order valence-corrected chi connectivity index (χ4v) is 1.68. The van der Waals surface area contributed by atoms with Crippen molar-refractivity contribution in [2.24, 2.45) is 17.3 Å². The van der Waals surface area contributed by atoms with Crippen LogP contribution in [0.25, 0.3) is 0 Å². The minimum absolute atomic E-state index is 0.0771. The molecule has 0 fully saturated rings. The second-order valence-corrected chi connectivity index (χ2v) is 4.95. The van der Waals surface area contributed by atoms with Gasteiger partial charge in [-0.3, -0.25) is 9.59 Å². The van der Waals surface area contributed by atoms with Gasteiger partial charge in [-0.2, -0.15) is 0 Å². The van der Waals surface area contributed by atoms with Crippen LogP contribution in [0.1, 0.15) is 41.0 Å². The minimum Gasteiger partial charge on any atom is -0.299 e. The van der Waals surface area contributed by atoms with Gasteiger partial charge < -0.3 is 0 Å². The average Bonchev–Trinajstić information content (AvgIpc) is 1.82. The van der Waals surface area contributed by atoms with Crippen LogP contribution in [0.2, 0.25) is 0 Å². The summed E-state index contributed by atoms with van der Waals surface area (Å²) >= 11 is 0. The fourth-order valence-electron chi connectivity index (χ4n) is 1.68. The summed E-state index contributed by atoms with van der Waals surface area (Å²) < 4.78 is 0. The van der Waals surface area contributed by atoms with Gasteiger partial charge in [0, 0.05) is 0 Å². The van der Waals surface area contributed by atoms with Gasteiger partial charge in [-0.05, 0) is 24.7 Å². The predicted molar refractivity (Wildman–Crippen MR) is 53.1 cm³/mol. The first-order valence-corrected chi connectivity index (χ1v) is 4.66. The number of carbonyl (C=O) groups excluding carboxylic acids is 2. The Balaban J connectivity index is 4.30. The summed E-state index contributed by atoms with van der Waals surface area (Å²) in [5.74, 6) is -0.527. The summed E-state index contributed by atoms with van der Waals surface area (Å²) in [5.41, 5.74) is 0.157. The van der Waals surface area contributed by atoms with Crippen LogP contribution >= 0.6 is 0 Å². The van der Waals surface area contributed by atoms with Gasteiger partial charge in [0.25, 0.3) is 0 Å². The molecule has 0 aromatic rings. The first-order chi connectivity index (χ1) is 5.78. The van der Waals surface area contributed by atoms with Crippen molar-refractivity contribution in [2.75, 3.05) is 0 Å². The maximum absolute atomic E-state index is 11.0. The van der Waals surface area contributed by atoms with E-state index in [9.17, 15) is 9.59 Å². The summed E-state index contributed by atoms with van der Waals surface area (Å²) in [7, 11) is 0. The lowest BCUT2D eigenvalue weighted by molar-refractivity contribution is -0.120. The highest BCUT2D eigenvalue weighted by molar-refractivity contribution is 5.91. The lowest BCUT2D eigenvalue weighted by Gasteiger charge is -2.25. The lowest BCUT2D eigenvalue weighted by atomic mass is 9.79. The van der Waals surface area contributed by atoms with E-state index in [0.29, 0.717) is 0 Å². The highest BCUT2D eigenvalue weighted by atomic mass is 16.1. The lowest BCUT2D eigenvalue weighted by Crippen LogP contribution is -2.24. The molecule has 0 saturated carbocycles. The molecule has 0 aliphatic heterocycles. The minimum atomic E-state index is -0.542. The van der Waals surface area contributed by atoms with Crippen LogP contribution in [0.3, 0.4) is 0 Å². The van der Waals surface area contributed by atoms with Gasteiger partial charge in [0.2, 0.25) is 6.29 Å². The molecule has 2 nitrogen and oxygen atoms in total. The van der Waals surface area contributed by atoms with Gasteiger partial charge in [0.1, 0.15) is 5.78 Å². The predicted octanol–water partition coefficient (Wildman–Crippen LogP) is 2.37. The molecule has 0 spiro atoms. The van der Waals surface area contributed by atoms with E-state index in [4.69, 9.17) is 0 Å². The second kappa shape index (κ2) is 4.54. The largest absolute Gasteiger partial charge is 0.299 e. The molecular weight excluding hydrogens is 164 g/mol. The van der Waals surface area contributed by atoms with Crippen LogP contribution < -0.4 is 0 Å². The number of rotatable bonds is 4. The van der Waals surface area contributed by atoms with Gasteiger partial charge in [-0.25, -0.2) is 0 Å². The van der Waals surface area contributed by atoms with Gasteiger partial charge in [0.15, 0.2) is 0 Å². The molecule has 0 saturated heterocycles. The Hall–Kier alpha value is -0.660. The third-order valence-corrected chi connectivity index (χ3v) is 2.07. The molecule has 0 rings (SSSR count). The monoisotopic (exact) mass is 183 g/mol. The van der Waals surface area contributed by atoms with Gasteiger partial charge in [-0.15, -0.1) is 0 Å². The van der Waals surface area contributed by atoms with E-state index in [1.165, 1.54) is 6.92 Å². The Morgan fingerprint density at radius 3 is 2.08 bits per heavy atom. The zero-order chi connectivity index (χ0) is 10.6. The molecule has 0 amide bonds. The maximum atomic E-state index is 11.0. The summed E-state index contributed by atoms with van der Waals surface area (Å²) in [6.07, 6.45) is 2.69. The average molecular weight is 183 g/mol. The molecule has 75 valence electrons. The molecule has 0 N–H and O–H groups in total. The first kappa shape index (κ1) is 12.3. The molecule has 2 unspecified atom stereocenters. The number of Topliss-reactive ketones (excluding diaryl/α,β-unsaturated/α-hetero) is 1.